The van der Waals surface area contributed by atoms with Crippen LogP contribution in [0.25, 0.3) is 5.69 Å². The van der Waals surface area contributed by atoms with Crippen LogP contribution in [0.3, 0.4) is 0 Å². The van der Waals surface area contributed by atoms with E-state index in [0.717, 1.165) is 5.56 Å². The zero-order chi connectivity index (χ0) is 22.3. The second-order valence-electron chi connectivity index (χ2n) is 6.90. The van der Waals surface area contributed by atoms with Gasteiger partial charge >= 0.3 is 0 Å². The van der Waals surface area contributed by atoms with Crippen LogP contribution in [0.2, 0.25) is 0 Å². The summed E-state index contributed by atoms with van der Waals surface area (Å²) in [5.41, 5.74) is 2.24. The second-order valence-corrected chi connectivity index (χ2v) is 7.84. The van der Waals surface area contributed by atoms with Crippen molar-refractivity contribution in [2.24, 2.45) is 0 Å². The first kappa shape index (κ1) is 21.6. The average molecular weight is 449 g/mol. The number of benzene rings is 3. The lowest BCUT2D eigenvalue weighted by molar-refractivity contribution is 0.0949. The Labute approximate surface area is 189 Å². The fraction of sp³-hybridized carbons (Fsp3) is 0.125. The summed E-state index contributed by atoms with van der Waals surface area (Å²) < 4.78 is 20.8. The quantitative estimate of drug-likeness (QED) is 0.398. The van der Waals surface area contributed by atoms with Crippen LogP contribution in [-0.2, 0) is 12.3 Å². The number of nitrogens with one attached hydrogen (secondary N) is 1. The average Bonchev–Trinajstić information content (AvgIpc) is 3.24. The van der Waals surface area contributed by atoms with E-state index in [9.17, 15) is 9.18 Å². The van der Waals surface area contributed by atoms with Crippen LogP contribution in [0.1, 0.15) is 21.7 Å². The highest BCUT2D eigenvalue weighted by molar-refractivity contribution is 7.98. The Morgan fingerprint density at radius 2 is 1.81 bits per heavy atom. The van der Waals surface area contributed by atoms with E-state index in [-0.39, 0.29) is 18.3 Å². The van der Waals surface area contributed by atoms with Gasteiger partial charge in [0.1, 0.15) is 11.6 Å². The summed E-state index contributed by atoms with van der Waals surface area (Å²) in [6, 6.07) is 23.0. The topological polar surface area (TPSA) is 69.0 Å². The third kappa shape index (κ3) is 5.15. The number of ether oxygens (including phenoxy) is 1. The summed E-state index contributed by atoms with van der Waals surface area (Å²) in [6.45, 7) is 0.139. The number of methoxy groups -OCH3 is 1. The first-order valence-corrected chi connectivity index (χ1v) is 10.9. The number of carbonyl (C=O) groups is 1. The normalized spacial score (nSPS) is 10.7. The lowest BCUT2D eigenvalue weighted by Crippen LogP contribution is -2.24. The molecule has 0 spiro atoms. The summed E-state index contributed by atoms with van der Waals surface area (Å²) in [4.78, 5) is 12.6. The molecule has 1 aromatic heterocycles. The van der Waals surface area contributed by atoms with Crippen LogP contribution in [0.5, 0.6) is 5.75 Å². The van der Waals surface area contributed by atoms with E-state index in [1.807, 2.05) is 30.3 Å². The molecule has 0 saturated heterocycles. The molecule has 4 rings (SSSR count). The van der Waals surface area contributed by atoms with Crippen molar-refractivity contribution >= 4 is 17.7 Å². The van der Waals surface area contributed by atoms with E-state index >= 15 is 0 Å². The number of amides is 1. The minimum absolute atomic E-state index is 0.139. The van der Waals surface area contributed by atoms with Gasteiger partial charge in [0, 0.05) is 11.3 Å². The molecule has 8 heteroatoms. The lowest BCUT2D eigenvalue weighted by Gasteiger charge is -2.11. The molecule has 0 unspecified atom stereocenters. The molecule has 162 valence electrons. The SMILES string of the molecule is COc1ccc(C(=O)NCc2nnc(SCc3ccccc3)n2-c2cccc(F)c2)cc1. The van der Waals surface area contributed by atoms with Gasteiger partial charge in [-0.05, 0) is 48.0 Å². The van der Waals surface area contributed by atoms with Crippen molar-refractivity contribution in [3.63, 3.8) is 0 Å². The molecule has 0 aliphatic heterocycles. The van der Waals surface area contributed by atoms with Crippen molar-refractivity contribution in [1.29, 1.82) is 0 Å². The molecule has 1 N–H and O–H groups in total. The third-order valence-electron chi connectivity index (χ3n) is 4.74. The second kappa shape index (κ2) is 10.1. The molecule has 0 radical (unpaired) electrons. The monoisotopic (exact) mass is 448 g/mol. The predicted molar refractivity (Wildman–Crippen MR) is 121 cm³/mol. The van der Waals surface area contributed by atoms with Crippen molar-refractivity contribution in [2.45, 2.75) is 17.5 Å². The maximum atomic E-state index is 13.9. The summed E-state index contributed by atoms with van der Waals surface area (Å²) >= 11 is 1.50. The Morgan fingerprint density at radius 3 is 2.53 bits per heavy atom. The van der Waals surface area contributed by atoms with Crippen molar-refractivity contribution in [1.82, 2.24) is 20.1 Å². The minimum Gasteiger partial charge on any atom is -0.497 e. The number of rotatable bonds is 8. The van der Waals surface area contributed by atoms with Crippen LogP contribution in [0, 0.1) is 5.82 Å². The molecular weight excluding hydrogens is 427 g/mol. The van der Waals surface area contributed by atoms with E-state index in [4.69, 9.17) is 4.74 Å². The highest BCUT2D eigenvalue weighted by atomic mass is 32.2. The Morgan fingerprint density at radius 1 is 1.03 bits per heavy atom. The number of aromatic nitrogens is 3. The Hall–Kier alpha value is -3.65. The van der Waals surface area contributed by atoms with Gasteiger partial charge in [-0.2, -0.15) is 0 Å². The highest BCUT2D eigenvalue weighted by Crippen LogP contribution is 2.25. The summed E-state index contributed by atoms with van der Waals surface area (Å²) in [5.74, 6) is 1.26. The van der Waals surface area contributed by atoms with Crippen LogP contribution in [-0.4, -0.2) is 27.8 Å². The molecule has 0 saturated carbocycles. The smallest absolute Gasteiger partial charge is 0.251 e. The molecule has 6 nitrogen and oxygen atoms in total. The summed E-state index contributed by atoms with van der Waals surface area (Å²) in [7, 11) is 1.57. The number of hydrogen-bond donors (Lipinski definition) is 1. The van der Waals surface area contributed by atoms with Gasteiger partial charge in [-0.1, -0.05) is 48.2 Å². The maximum absolute atomic E-state index is 13.9. The third-order valence-corrected chi connectivity index (χ3v) is 5.74. The van der Waals surface area contributed by atoms with Crippen LogP contribution < -0.4 is 10.1 Å². The minimum atomic E-state index is -0.358. The number of nitrogens with zero attached hydrogens (tertiary/aromatic N) is 3. The fourth-order valence-electron chi connectivity index (χ4n) is 3.11. The molecule has 3 aromatic carbocycles. The fourth-order valence-corrected chi connectivity index (χ4v) is 4.04. The van der Waals surface area contributed by atoms with Gasteiger partial charge in [0.05, 0.1) is 19.3 Å². The maximum Gasteiger partial charge on any atom is 0.251 e. The molecule has 0 fully saturated rings. The standard InChI is InChI=1S/C24H21FN4O2S/c1-31-21-12-10-18(11-13-21)23(30)26-15-22-27-28-24(32-16-17-6-3-2-4-7-17)29(22)20-9-5-8-19(25)14-20/h2-14H,15-16H2,1H3,(H,26,30). The Bertz CT molecular complexity index is 1200. The van der Waals surface area contributed by atoms with Gasteiger partial charge in [0.2, 0.25) is 0 Å². The Kier molecular flexibility index (Phi) is 6.81. The van der Waals surface area contributed by atoms with Gasteiger partial charge in [0.25, 0.3) is 5.91 Å². The van der Waals surface area contributed by atoms with Crippen molar-refractivity contribution < 1.29 is 13.9 Å². The highest BCUT2D eigenvalue weighted by Gasteiger charge is 2.16. The number of halogens is 1. The van der Waals surface area contributed by atoms with Crippen LogP contribution in [0.15, 0.2) is 84.0 Å². The largest absolute Gasteiger partial charge is 0.497 e. The molecule has 0 aliphatic carbocycles. The first-order valence-electron chi connectivity index (χ1n) is 9.93. The molecule has 1 heterocycles. The molecule has 0 bridgehead atoms. The number of carbonyl (C=O) groups excluding carboxylic acids is 1. The van der Waals surface area contributed by atoms with Crippen molar-refractivity contribution in [3.8, 4) is 11.4 Å². The zero-order valence-electron chi connectivity index (χ0n) is 17.4. The van der Waals surface area contributed by atoms with Crippen molar-refractivity contribution in [2.75, 3.05) is 7.11 Å². The number of hydrogen-bond acceptors (Lipinski definition) is 5. The van der Waals surface area contributed by atoms with Crippen LogP contribution >= 0.6 is 11.8 Å². The van der Waals surface area contributed by atoms with E-state index in [2.05, 4.69) is 15.5 Å². The number of thioether (sulfide) groups is 1. The molecule has 4 aromatic rings. The van der Waals surface area contributed by atoms with Gasteiger partial charge in [-0.15, -0.1) is 10.2 Å². The zero-order valence-corrected chi connectivity index (χ0v) is 18.2. The van der Waals surface area contributed by atoms with Gasteiger partial charge in [-0.3, -0.25) is 9.36 Å². The summed E-state index contributed by atoms with van der Waals surface area (Å²) in [5, 5.41) is 12.0. The van der Waals surface area contributed by atoms with Crippen molar-refractivity contribution in [3.05, 3.63) is 102 Å². The predicted octanol–water partition coefficient (Wildman–Crippen LogP) is 4.64. The summed E-state index contributed by atoms with van der Waals surface area (Å²) in [6.07, 6.45) is 0. The van der Waals surface area contributed by atoms with E-state index in [1.54, 1.807) is 48.1 Å². The molecular formula is C24H21FN4O2S. The molecule has 1 amide bonds. The van der Waals surface area contributed by atoms with Gasteiger partial charge < -0.3 is 10.1 Å². The van der Waals surface area contributed by atoms with E-state index < -0.39 is 0 Å². The van der Waals surface area contributed by atoms with Crippen LogP contribution in [0.4, 0.5) is 4.39 Å². The Balaban J connectivity index is 1.55. The molecule has 32 heavy (non-hydrogen) atoms. The molecule has 0 atom stereocenters. The van der Waals surface area contributed by atoms with Gasteiger partial charge in [-0.25, -0.2) is 4.39 Å². The molecule has 0 aliphatic rings. The van der Waals surface area contributed by atoms with Gasteiger partial charge in [0.15, 0.2) is 11.0 Å². The van der Waals surface area contributed by atoms with E-state index in [0.29, 0.717) is 33.7 Å². The van der Waals surface area contributed by atoms with E-state index in [1.165, 1.54) is 23.9 Å². The lowest BCUT2D eigenvalue weighted by atomic mass is 10.2. The first-order chi connectivity index (χ1) is 15.6.